The maximum absolute atomic E-state index is 12.5. The van der Waals surface area contributed by atoms with Gasteiger partial charge < -0.3 is 18.7 Å². The molecule has 2 aromatic heterocycles. The van der Waals surface area contributed by atoms with Gasteiger partial charge in [0.1, 0.15) is 17.3 Å². The number of hydrazone groups is 1. The van der Waals surface area contributed by atoms with E-state index < -0.39 is 5.97 Å². The Kier molecular flexibility index (Phi) is 7.04. The van der Waals surface area contributed by atoms with Gasteiger partial charge in [-0.05, 0) is 44.7 Å². The molecule has 3 aromatic rings. The zero-order valence-electron chi connectivity index (χ0n) is 17.5. The van der Waals surface area contributed by atoms with Crippen molar-refractivity contribution < 1.29 is 74.9 Å². The Bertz CT molecular complexity index is 1170. The minimum absolute atomic E-state index is 0. The molecule has 1 amide bonds. The number of aryl methyl sites for hydroxylation is 3. The van der Waals surface area contributed by atoms with Gasteiger partial charge in [0.15, 0.2) is 5.76 Å². The van der Waals surface area contributed by atoms with Crippen molar-refractivity contribution in [3.05, 3.63) is 57.7 Å². The van der Waals surface area contributed by atoms with E-state index in [0.29, 0.717) is 35.4 Å². The summed E-state index contributed by atoms with van der Waals surface area (Å²) in [7, 11) is 0. The number of rotatable bonds is 4. The summed E-state index contributed by atoms with van der Waals surface area (Å²) < 4.78 is 11.1. The van der Waals surface area contributed by atoms with Crippen molar-refractivity contribution >= 4 is 28.6 Å². The second-order valence-corrected chi connectivity index (χ2v) is 7.41. The first-order chi connectivity index (χ1) is 13.9. The van der Waals surface area contributed by atoms with E-state index in [1.807, 2.05) is 26.0 Å². The first-order valence-electron chi connectivity index (χ1n) is 9.52. The predicted octanol–water partition coefficient (Wildman–Crippen LogP) is -0.282. The number of amides is 1. The van der Waals surface area contributed by atoms with Crippen molar-refractivity contribution in [3.63, 3.8) is 0 Å². The maximum atomic E-state index is 12.5. The fraction of sp³-hybridized carbons (Fsp3) is 0.318. The average molecular weight is 433 g/mol. The number of carbonyl (C=O) groups excluding carboxylic acids is 2. The molecule has 1 aromatic carbocycles. The van der Waals surface area contributed by atoms with Crippen molar-refractivity contribution in [2.24, 2.45) is 5.10 Å². The number of hydrogen-bond acceptors (Lipinski definition) is 6. The zero-order chi connectivity index (χ0) is 20.7. The molecule has 1 N–H and O–H groups in total. The Hall–Kier alpha value is -1.71. The van der Waals surface area contributed by atoms with Crippen LogP contribution in [0.5, 0.6) is 0 Å². The van der Waals surface area contributed by atoms with Gasteiger partial charge in [-0.3, -0.25) is 4.79 Å². The van der Waals surface area contributed by atoms with Gasteiger partial charge in [0.05, 0.1) is 18.4 Å². The molecule has 0 atom stereocenters. The fourth-order valence-electron chi connectivity index (χ4n) is 3.84. The number of carboxylic acids is 1. The van der Waals surface area contributed by atoms with E-state index in [1.165, 1.54) is 0 Å². The second-order valence-electron chi connectivity index (χ2n) is 7.41. The molecule has 0 fully saturated rings. The number of carbonyl (C=O) groups is 2. The van der Waals surface area contributed by atoms with Crippen LogP contribution in [0, 0.1) is 20.8 Å². The Balaban J connectivity index is 0.00000256. The van der Waals surface area contributed by atoms with Crippen LogP contribution in [0.3, 0.4) is 0 Å². The van der Waals surface area contributed by atoms with Gasteiger partial charge in [0.25, 0.3) is 0 Å². The van der Waals surface area contributed by atoms with Crippen LogP contribution < -0.4 is 61.9 Å². The summed E-state index contributed by atoms with van der Waals surface area (Å²) in [5, 5.41) is 16.4. The first-order valence-corrected chi connectivity index (χ1v) is 9.52. The van der Waals surface area contributed by atoms with E-state index >= 15 is 0 Å². The summed E-state index contributed by atoms with van der Waals surface area (Å²) in [5.41, 5.74) is 8.14. The zero-order valence-corrected chi connectivity index (χ0v) is 20.7. The number of fused-ring (bicyclic) bond motifs is 2. The van der Waals surface area contributed by atoms with Gasteiger partial charge in [-0.15, -0.1) is 0 Å². The summed E-state index contributed by atoms with van der Waals surface area (Å²) in [6.07, 6.45) is 3.78. The molecule has 0 unspecified atom stereocenters. The van der Waals surface area contributed by atoms with Gasteiger partial charge in [0.2, 0.25) is 5.91 Å². The number of nitrogens with one attached hydrogen (secondary N) is 1. The average Bonchev–Trinajstić information content (AvgIpc) is 3.25. The molecule has 8 heteroatoms. The third-order valence-electron chi connectivity index (χ3n) is 5.52. The van der Waals surface area contributed by atoms with E-state index in [2.05, 4.69) is 10.5 Å². The van der Waals surface area contributed by atoms with Crippen LogP contribution >= 0.6 is 0 Å². The van der Waals surface area contributed by atoms with Crippen LogP contribution in [0.15, 0.2) is 32.3 Å². The summed E-state index contributed by atoms with van der Waals surface area (Å²) in [4.78, 5) is 23.7. The molecule has 0 saturated heterocycles. The molecule has 1 aliphatic rings. The number of nitrogens with zero attached hydrogens (tertiary/aromatic N) is 1. The standard InChI is InChI=1S/C22H22N2O5.K/c1-11-7-8-15-14(10-28-20(15)12(11)2)9-18(25)24-23-16-5-4-6-17-19(16)13(3)21(29-17)22(26)27;/h7-8,10H,4-6,9H2,1-3H3,(H,24,25)(H,26,27);/q;+1/p-1/b23-16+;. The van der Waals surface area contributed by atoms with Crippen molar-refractivity contribution in [1.82, 2.24) is 5.43 Å². The smallest absolute Gasteiger partial charge is 0.542 e. The van der Waals surface area contributed by atoms with E-state index in [4.69, 9.17) is 8.83 Å². The monoisotopic (exact) mass is 432 g/mol. The molecule has 0 saturated carbocycles. The van der Waals surface area contributed by atoms with Gasteiger partial charge in [-0.2, -0.15) is 5.10 Å². The molecule has 0 radical (unpaired) electrons. The summed E-state index contributed by atoms with van der Waals surface area (Å²) >= 11 is 0. The largest absolute Gasteiger partial charge is 1.00 e. The van der Waals surface area contributed by atoms with Gasteiger partial charge >= 0.3 is 51.4 Å². The number of aromatic carboxylic acids is 1. The van der Waals surface area contributed by atoms with Crippen molar-refractivity contribution in [1.29, 1.82) is 0 Å². The molecule has 1 aliphatic carbocycles. The minimum atomic E-state index is -1.35. The molecule has 0 aliphatic heterocycles. The van der Waals surface area contributed by atoms with Crippen LogP contribution in [0.1, 0.15) is 57.0 Å². The van der Waals surface area contributed by atoms with E-state index in [1.54, 1.807) is 13.2 Å². The molecular formula is C22H21KN2O5. The normalized spacial score (nSPS) is 14.4. The molecule has 2 heterocycles. The molecule has 30 heavy (non-hydrogen) atoms. The van der Waals surface area contributed by atoms with Crippen molar-refractivity contribution in [2.45, 2.75) is 46.5 Å². The third-order valence-corrected chi connectivity index (χ3v) is 5.52. The third kappa shape index (κ3) is 4.20. The Morgan fingerprint density at radius 2 is 1.93 bits per heavy atom. The molecule has 150 valence electrons. The van der Waals surface area contributed by atoms with Crippen LogP contribution in [-0.2, 0) is 17.6 Å². The van der Waals surface area contributed by atoms with Gasteiger partial charge in [-0.1, -0.05) is 12.1 Å². The predicted molar refractivity (Wildman–Crippen MR) is 105 cm³/mol. The SMILES string of the molecule is Cc1ccc2c(CC(=O)N/N=C3\CCCc4oc(C(=O)[O-])c(C)c43)coc2c1C.[K+]. The van der Waals surface area contributed by atoms with Crippen LogP contribution in [0.2, 0.25) is 0 Å². The molecule has 4 rings (SSSR count). The number of hydrogen-bond donors (Lipinski definition) is 1. The Morgan fingerprint density at radius 1 is 1.17 bits per heavy atom. The second kappa shape index (κ2) is 9.19. The topological polar surface area (TPSA) is 108 Å². The quantitative estimate of drug-likeness (QED) is 0.451. The molecule has 0 bridgehead atoms. The Morgan fingerprint density at radius 3 is 2.67 bits per heavy atom. The molecular weight excluding hydrogens is 411 g/mol. The molecule has 0 spiro atoms. The number of benzene rings is 1. The van der Waals surface area contributed by atoms with Crippen LogP contribution in [0.4, 0.5) is 0 Å². The van der Waals surface area contributed by atoms with Crippen LogP contribution in [0.25, 0.3) is 11.0 Å². The van der Waals surface area contributed by atoms with Crippen molar-refractivity contribution in [2.75, 3.05) is 0 Å². The fourth-order valence-corrected chi connectivity index (χ4v) is 3.84. The van der Waals surface area contributed by atoms with Crippen molar-refractivity contribution in [3.8, 4) is 0 Å². The van der Waals surface area contributed by atoms with E-state index in [9.17, 15) is 14.7 Å². The summed E-state index contributed by atoms with van der Waals surface area (Å²) in [6.45, 7) is 5.67. The Labute approximate surface area is 216 Å². The van der Waals surface area contributed by atoms with Gasteiger partial charge in [-0.25, -0.2) is 5.43 Å². The minimum Gasteiger partial charge on any atom is -0.542 e. The molecule has 7 nitrogen and oxygen atoms in total. The number of carboxylic acid groups (broad SMARTS) is 1. The van der Waals surface area contributed by atoms with E-state index in [-0.39, 0.29) is 69.5 Å². The van der Waals surface area contributed by atoms with Crippen LogP contribution in [-0.4, -0.2) is 17.6 Å². The van der Waals surface area contributed by atoms with E-state index in [0.717, 1.165) is 34.1 Å². The number of furan rings is 2. The summed E-state index contributed by atoms with van der Waals surface area (Å²) in [6, 6.07) is 3.97. The first kappa shape index (κ1) is 23.0. The summed E-state index contributed by atoms with van der Waals surface area (Å²) in [5.74, 6) is -1.22. The maximum Gasteiger partial charge on any atom is 1.00 e. The van der Waals surface area contributed by atoms with Gasteiger partial charge in [0, 0.05) is 28.5 Å².